The molecule has 0 heterocycles. The molecule has 1 aliphatic carbocycles. The Bertz CT molecular complexity index is 294. The molecule has 0 radical (unpaired) electrons. The zero-order valence-electron chi connectivity index (χ0n) is 10.3. The van der Waals surface area contributed by atoms with Crippen LogP contribution in [-0.2, 0) is 18.4 Å². The normalized spacial score (nSPS) is 23.4. The van der Waals surface area contributed by atoms with E-state index in [9.17, 15) is 9.36 Å². The lowest BCUT2D eigenvalue weighted by atomic mass is 9.73. The molecule has 4 nitrogen and oxygen atoms in total. The van der Waals surface area contributed by atoms with E-state index in [1.165, 1.54) is 20.2 Å². The molecule has 0 bridgehead atoms. The van der Waals surface area contributed by atoms with Crippen LogP contribution in [-0.4, -0.2) is 19.7 Å². The first-order valence-electron chi connectivity index (χ1n) is 5.73. The van der Waals surface area contributed by atoms with E-state index in [2.05, 4.69) is 11.4 Å². The second-order valence-electron chi connectivity index (χ2n) is 4.97. The smallest absolute Gasteiger partial charge is 0.378 e. The Morgan fingerprint density at radius 1 is 1.31 bits per heavy atom. The van der Waals surface area contributed by atoms with Crippen LogP contribution in [0.25, 0.3) is 0 Å². The van der Waals surface area contributed by atoms with Gasteiger partial charge in [-0.2, -0.15) is 0 Å². The van der Waals surface area contributed by atoms with Crippen molar-refractivity contribution >= 4 is 13.6 Å². The van der Waals surface area contributed by atoms with Crippen molar-refractivity contribution in [3.05, 3.63) is 0 Å². The van der Waals surface area contributed by atoms with Gasteiger partial charge in [-0.15, -0.1) is 0 Å². The van der Waals surface area contributed by atoms with Crippen molar-refractivity contribution in [3.63, 3.8) is 0 Å². The average molecular weight is 248 g/mol. The topological polar surface area (TPSA) is 52.6 Å². The lowest BCUT2D eigenvalue weighted by molar-refractivity contribution is -0.137. The molecule has 1 aliphatic rings. The Hall–Kier alpha value is -0.340. The predicted molar refractivity (Wildman–Crippen MR) is 62.4 cm³/mol. The molecule has 0 aromatic rings. The van der Waals surface area contributed by atoms with Crippen molar-refractivity contribution in [2.75, 3.05) is 13.8 Å². The van der Waals surface area contributed by atoms with Gasteiger partial charge in [-0.25, -0.2) is 4.57 Å². The van der Waals surface area contributed by atoms with E-state index < -0.39 is 13.6 Å². The van der Waals surface area contributed by atoms with Crippen LogP contribution in [0.2, 0.25) is 0 Å². The molecule has 0 spiro atoms. The Kier molecular flexibility index (Phi) is 4.57. The van der Waals surface area contributed by atoms with Crippen LogP contribution in [0.15, 0.2) is 0 Å². The summed E-state index contributed by atoms with van der Waals surface area (Å²) in [7, 11) is -1.89. The molecular formula is C11H21O4P. The summed E-state index contributed by atoms with van der Waals surface area (Å²) in [4.78, 5) is 11.6. The van der Waals surface area contributed by atoms with Crippen molar-refractivity contribution in [1.82, 2.24) is 0 Å². The lowest BCUT2D eigenvalue weighted by Gasteiger charge is -2.32. The fraction of sp³-hybridized carbons (Fsp3) is 0.909. The average Bonchev–Trinajstić information content (AvgIpc) is 2.17. The van der Waals surface area contributed by atoms with Gasteiger partial charge in [-0.05, 0) is 18.3 Å². The van der Waals surface area contributed by atoms with Gasteiger partial charge in [0.25, 0.3) is 0 Å². The molecule has 0 amide bonds. The van der Waals surface area contributed by atoms with Gasteiger partial charge in [0.2, 0.25) is 0 Å². The van der Waals surface area contributed by atoms with Crippen LogP contribution in [0.5, 0.6) is 0 Å². The summed E-state index contributed by atoms with van der Waals surface area (Å²) in [6.45, 7) is 3.41. The lowest BCUT2D eigenvalue weighted by Crippen LogP contribution is -2.24. The van der Waals surface area contributed by atoms with E-state index in [-0.39, 0.29) is 5.41 Å². The summed E-state index contributed by atoms with van der Waals surface area (Å²) in [5, 5.41) is 0. The van der Waals surface area contributed by atoms with E-state index >= 15 is 0 Å². The quantitative estimate of drug-likeness (QED) is 0.716. The van der Waals surface area contributed by atoms with E-state index in [1.54, 1.807) is 0 Å². The molecule has 1 unspecified atom stereocenters. The first kappa shape index (κ1) is 13.7. The molecular weight excluding hydrogens is 227 g/mol. The van der Waals surface area contributed by atoms with Crippen molar-refractivity contribution < 1.29 is 18.4 Å². The van der Waals surface area contributed by atoms with Gasteiger partial charge in [0.1, 0.15) is 0 Å². The highest BCUT2D eigenvalue weighted by atomic mass is 31.2. The molecule has 0 saturated heterocycles. The summed E-state index contributed by atoms with van der Waals surface area (Å²) in [5.41, 5.74) is 0.0169. The SMILES string of the molecule is COP(C)(=O)OC(=O)CC1(C)CCCCC1. The third kappa shape index (κ3) is 4.26. The minimum atomic E-state index is -3.18. The third-order valence-electron chi connectivity index (χ3n) is 3.23. The van der Waals surface area contributed by atoms with Crippen LogP contribution in [0.1, 0.15) is 45.4 Å². The summed E-state index contributed by atoms with van der Waals surface area (Å²) < 4.78 is 21.0. The molecule has 94 valence electrons. The van der Waals surface area contributed by atoms with Crippen molar-refractivity contribution in [2.24, 2.45) is 5.41 Å². The molecule has 1 atom stereocenters. The van der Waals surface area contributed by atoms with Gasteiger partial charge in [-0.1, -0.05) is 26.2 Å². The van der Waals surface area contributed by atoms with Crippen molar-refractivity contribution in [2.45, 2.75) is 45.4 Å². The van der Waals surface area contributed by atoms with Crippen LogP contribution in [0, 0.1) is 5.41 Å². The fourth-order valence-electron chi connectivity index (χ4n) is 2.19. The van der Waals surface area contributed by atoms with Crippen LogP contribution in [0.4, 0.5) is 0 Å². The van der Waals surface area contributed by atoms with Crippen molar-refractivity contribution in [1.29, 1.82) is 0 Å². The van der Waals surface area contributed by atoms with Crippen LogP contribution < -0.4 is 0 Å². The molecule has 0 aromatic carbocycles. The summed E-state index contributed by atoms with van der Waals surface area (Å²) in [6.07, 6.45) is 6.01. The maximum absolute atomic E-state index is 11.6. The third-order valence-corrected chi connectivity index (χ3v) is 4.43. The van der Waals surface area contributed by atoms with Crippen molar-refractivity contribution in [3.8, 4) is 0 Å². The van der Waals surface area contributed by atoms with Crippen LogP contribution >= 0.6 is 7.60 Å². The van der Waals surface area contributed by atoms with Gasteiger partial charge < -0.3 is 9.05 Å². The summed E-state index contributed by atoms with van der Waals surface area (Å²) in [5.74, 6) is -0.405. The molecule has 1 fully saturated rings. The van der Waals surface area contributed by atoms with E-state index in [0.717, 1.165) is 25.7 Å². The Morgan fingerprint density at radius 2 is 1.88 bits per heavy atom. The van der Waals surface area contributed by atoms with E-state index in [0.29, 0.717) is 6.42 Å². The van der Waals surface area contributed by atoms with E-state index in [4.69, 9.17) is 4.52 Å². The molecule has 5 heteroatoms. The summed E-state index contributed by atoms with van der Waals surface area (Å²) in [6, 6.07) is 0. The minimum absolute atomic E-state index is 0.0169. The number of carbonyl (C=O) groups is 1. The number of hydrogen-bond donors (Lipinski definition) is 0. The maximum atomic E-state index is 11.6. The first-order valence-corrected chi connectivity index (χ1v) is 7.72. The van der Waals surface area contributed by atoms with E-state index in [1.807, 2.05) is 0 Å². The highest BCUT2D eigenvalue weighted by Gasteiger charge is 2.32. The Labute approximate surface area is 97.2 Å². The second-order valence-corrected chi connectivity index (χ2v) is 7.06. The highest BCUT2D eigenvalue weighted by molar-refractivity contribution is 7.53. The Morgan fingerprint density at radius 3 is 2.38 bits per heavy atom. The number of rotatable bonds is 4. The van der Waals surface area contributed by atoms with Gasteiger partial charge in [0, 0.05) is 13.8 Å². The molecule has 16 heavy (non-hydrogen) atoms. The molecule has 0 aromatic heterocycles. The standard InChI is InChI=1S/C11H21O4P/c1-11(7-5-4-6-8-11)9-10(12)15-16(3,13)14-2/h4-9H2,1-3H3. The van der Waals surface area contributed by atoms with Crippen LogP contribution in [0.3, 0.4) is 0 Å². The fourth-order valence-corrected chi connectivity index (χ4v) is 2.69. The summed E-state index contributed by atoms with van der Waals surface area (Å²) >= 11 is 0. The molecule has 1 saturated carbocycles. The number of hydrogen-bond acceptors (Lipinski definition) is 4. The minimum Gasteiger partial charge on any atom is -0.392 e. The second kappa shape index (κ2) is 5.33. The monoisotopic (exact) mass is 248 g/mol. The Balaban J connectivity index is 2.47. The van der Waals surface area contributed by atoms with Gasteiger partial charge in [0.05, 0.1) is 6.42 Å². The van der Waals surface area contributed by atoms with Gasteiger partial charge in [0.15, 0.2) is 0 Å². The zero-order chi connectivity index (χ0) is 12.2. The molecule has 1 rings (SSSR count). The van der Waals surface area contributed by atoms with Gasteiger partial charge in [-0.3, -0.25) is 4.79 Å². The highest BCUT2D eigenvalue weighted by Crippen LogP contribution is 2.45. The number of carbonyl (C=O) groups excluding carboxylic acids is 1. The largest absolute Gasteiger partial charge is 0.392 e. The zero-order valence-corrected chi connectivity index (χ0v) is 11.2. The maximum Gasteiger partial charge on any atom is 0.378 e. The predicted octanol–water partition coefficient (Wildman–Crippen LogP) is 3.36. The van der Waals surface area contributed by atoms with Gasteiger partial charge >= 0.3 is 13.6 Å². The first-order chi connectivity index (χ1) is 7.37. The molecule has 0 aliphatic heterocycles. The molecule has 0 N–H and O–H groups in total.